The van der Waals surface area contributed by atoms with Gasteiger partial charge in [-0.1, -0.05) is 13.8 Å². The van der Waals surface area contributed by atoms with E-state index in [1.165, 1.54) is 22.3 Å². The fourth-order valence-electron chi connectivity index (χ4n) is 1.30. The standard InChI is InChI=1S/2C7H9.2CH3.2BrH.H2Si.Ti/c2*1-6-4-3-5-7(6)2;;;;;;/h2*4H,3H2,1-2H3;2*1H3;2*1H;1H2;/q4*-1;;;;. The molecule has 2 aliphatic carbocycles. The van der Waals surface area contributed by atoms with Crippen molar-refractivity contribution in [2.75, 3.05) is 0 Å². The van der Waals surface area contributed by atoms with E-state index in [9.17, 15) is 0 Å². The van der Waals surface area contributed by atoms with Gasteiger partial charge in [0.25, 0.3) is 0 Å². The van der Waals surface area contributed by atoms with Gasteiger partial charge in [0, 0.05) is 0 Å². The summed E-state index contributed by atoms with van der Waals surface area (Å²) in [5, 5.41) is 0. The molecule has 4 heteroatoms. The van der Waals surface area contributed by atoms with Crippen LogP contribution in [0.4, 0.5) is 0 Å². The zero-order valence-corrected chi connectivity index (χ0v) is 20.0. The average Bonchev–Trinajstić information content (AvgIpc) is 2.83. The van der Waals surface area contributed by atoms with Crippen LogP contribution in [0.25, 0.3) is 0 Å². The molecule has 0 unspecified atom stereocenters. The Kier molecular flexibility index (Phi) is 32.5. The van der Waals surface area contributed by atoms with Crippen LogP contribution in [0.15, 0.2) is 34.4 Å². The van der Waals surface area contributed by atoms with Gasteiger partial charge < -0.3 is 14.9 Å². The zero-order valence-electron chi connectivity index (χ0n) is 13.6. The Balaban J connectivity index is -0.0000000566. The third kappa shape index (κ3) is 13.8. The number of hydrogen-bond acceptors (Lipinski definition) is 0. The number of rotatable bonds is 0. The summed E-state index contributed by atoms with van der Waals surface area (Å²) in [6.07, 6.45) is 12.8. The molecule has 118 valence electrons. The van der Waals surface area contributed by atoms with Gasteiger partial charge in [0.15, 0.2) is 0 Å². The maximum absolute atomic E-state index is 3.19. The molecule has 0 saturated carbocycles. The van der Waals surface area contributed by atoms with Crippen LogP contribution in [0.1, 0.15) is 40.5 Å². The molecular weight excluding hydrogens is 428 g/mol. The molecule has 0 amide bonds. The summed E-state index contributed by atoms with van der Waals surface area (Å²) in [4.78, 5) is 0. The van der Waals surface area contributed by atoms with Crippen molar-refractivity contribution < 1.29 is 19.2 Å². The predicted molar refractivity (Wildman–Crippen MR) is 104 cm³/mol. The quantitative estimate of drug-likeness (QED) is 0.343. The molecule has 0 radical (unpaired) electrons. The summed E-state index contributed by atoms with van der Waals surface area (Å²) in [6.45, 7) is 8.43. The normalized spacial score (nSPS) is 13.6. The Hall–Kier alpha value is 0.851. The SMILES string of the molecule is Br.Br.CC1=[C-]CC=C1C.CC1=[C-]CC=C1C.[CH3-].[CH3-].[SiH2]=[Ti]. The fourth-order valence-corrected chi connectivity index (χ4v) is 1.30. The van der Waals surface area contributed by atoms with Crippen molar-refractivity contribution in [3.8, 4) is 0 Å². The van der Waals surface area contributed by atoms with E-state index in [1.54, 1.807) is 0 Å². The molecule has 2 aliphatic rings. The van der Waals surface area contributed by atoms with Gasteiger partial charge in [0.05, 0.1) is 0 Å². The first-order chi connectivity index (χ1) is 7.61. The summed E-state index contributed by atoms with van der Waals surface area (Å²) in [5.41, 5.74) is 5.42. The molecule has 0 aromatic heterocycles. The number of hydrogen-bond donors (Lipinski definition) is 0. The molecule has 20 heavy (non-hydrogen) atoms. The first-order valence-corrected chi connectivity index (χ1v) is 9.47. The van der Waals surface area contributed by atoms with E-state index >= 15 is 0 Å². The third-order valence-electron chi connectivity index (χ3n) is 2.73. The van der Waals surface area contributed by atoms with Crippen molar-refractivity contribution in [2.24, 2.45) is 0 Å². The summed E-state index contributed by atoms with van der Waals surface area (Å²) in [5.74, 6) is 0. The Morgan fingerprint density at radius 2 is 1.05 bits per heavy atom. The van der Waals surface area contributed by atoms with Crippen molar-refractivity contribution in [1.29, 1.82) is 0 Å². The van der Waals surface area contributed by atoms with E-state index in [0.717, 1.165) is 12.8 Å². The minimum atomic E-state index is 0. The minimum absolute atomic E-state index is 0. The predicted octanol–water partition coefficient (Wildman–Crippen LogP) is 5.31. The van der Waals surface area contributed by atoms with Crippen molar-refractivity contribution >= 4 is 41.6 Å². The monoisotopic (exact) mass is 454 g/mol. The molecule has 0 N–H and O–H groups in total. The average molecular weight is 456 g/mol. The van der Waals surface area contributed by atoms with Crippen LogP contribution in [0.2, 0.25) is 0 Å². The molecule has 0 saturated heterocycles. The molecule has 0 aromatic carbocycles. The summed E-state index contributed by atoms with van der Waals surface area (Å²) < 4.78 is 0. The molecule has 2 rings (SSSR count). The van der Waals surface area contributed by atoms with E-state index in [2.05, 4.69) is 52.0 Å². The summed E-state index contributed by atoms with van der Waals surface area (Å²) >= 11 is 2.03. The van der Waals surface area contributed by atoms with Crippen LogP contribution in [-0.4, -0.2) is 7.63 Å². The van der Waals surface area contributed by atoms with Crippen LogP contribution in [0.5, 0.6) is 0 Å². The van der Waals surface area contributed by atoms with Crippen molar-refractivity contribution in [1.82, 2.24) is 0 Å². The molecular formula is C16H28Br2SiTi-4. The molecule has 0 bridgehead atoms. The van der Waals surface area contributed by atoms with Gasteiger partial charge in [-0.15, -0.1) is 60.7 Å². The first-order valence-electron chi connectivity index (χ1n) is 5.45. The number of allylic oxidation sites excluding steroid dienone is 8. The molecule has 0 aliphatic heterocycles. The summed E-state index contributed by atoms with van der Waals surface area (Å²) in [7, 11) is 1.86. The molecule has 0 spiro atoms. The van der Waals surface area contributed by atoms with Crippen LogP contribution >= 0.6 is 34.0 Å². The molecule has 0 atom stereocenters. The van der Waals surface area contributed by atoms with E-state index in [1.807, 2.05) is 26.8 Å². The topological polar surface area (TPSA) is 0 Å². The van der Waals surface area contributed by atoms with Gasteiger partial charge in [0.1, 0.15) is 0 Å². The van der Waals surface area contributed by atoms with Gasteiger partial charge in [-0.05, 0) is 0 Å². The molecule has 0 fully saturated rings. The van der Waals surface area contributed by atoms with Crippen LogP contribution in [0.3, 0.4) is 0 Å². The zero-order chi connectivity index (χ0) is 12.6. The van der Waals surface area contributed by atoms with E-state index in [0.29, 0.717) is 0 Å². The molecule has 0 aromatic rings. The van der Waals surface area contributed by atoms with Gasteiger partial charge in [-0.25, -0.2) is 22.3 Å². The third-order valence-corrected chi connectivity index (χ3v) is 2.73. The Morgan fingerprint density at radius 1 is 0.800 bits per heavy atom. The second-order valence-corrected chi connectivity index (χ2v) is 3.79. The molecule has 0 nitrogen and oxygen atoms in total. The Labute approximate surface area is 161 Å². The Bertz CT molecular complexity index is 289. The van der Waals surface area contributed by atoms with E-state index < -0.39 is 0 Å². The summed E-state index contributed by atoms with van der Waals surface area (Å²) in [6, 6.07) is 0. The van der Waals surface area contributed by atoms with Gasteiger partial charge in [-0.2, -0.15) is 12.2 Å². The number of halogens is 2. The second-order valence-electron chi connectivity index (χ2n) is 3.79. The van der Waals surface area contributed by atoms with Crippen molar-refractivity contribution in [3.63, 3.8) is 0 Å². The second kappa shape index (κ2) is 19.9. The van der Waals surface area contributed by atoms with Crippen LogP contribution in [-0.2, 0) is 19.2 Å². The van der Waals surface area contributed by atoms with E-state index in [4.69, 9.17) is 0 Å². The fraction of sp³-hybridized carbons (Fsp3) is 0.375. The maximum atomic E-state index is 3.19. The van der Waals surface area contributed by atoms with Crippen LogP contribution in [0, 0.1) is 27.0 Å². The molecule has 0 heterocycles. The van der Waals surface area contributed by atoms with Gasteiger partial charge >= 0.3 is 26.8 Å². The van der Waals surface area contributed by atoms with Gasteiger partial charge in [0.2, 0.25) is 0 Å². The van der Waals surface area contributed by atoms with Crippen molar-refractivity contribution in [2.45, 2.75) is 40.5 Å². The van der Waals surface area contributed by atoms with Gasteiger partial charge in [-0.3, -0.25) is 12.2 Å². The van der Waals surface area contributed by atoms with Crippen molar-refractivity contribution in [3.05, 3.63) is 61.4 Å². The van der Waals surface area contributed by atoms with E-state index in [-0.39, 0.29) is 48.8 Å². The first kappa shape index (κ1) is 32.7. The van der Waals surface area contributed by atoms with Crippen LogP contribution < -0.4 is 0 Å². The Morgan fingerprint density at radius 3 is 1.10 bits per heavy atom.